The number of hydrogen-bond acceptors (Lipinski definition) is 5. The van der Waals surface area contributed by atoms with E-state index >= 15 is 0 Å². The normalized spacial score (nSPS) is 16.5. The average Bonchev–Trinajstić information content (AvgIpc) is 2.55. The number of nitrogens with one attached hydrogen (secondary N) is 1. The smallest absolute Gasteiger partial charge is 0.254 e. The van der Waals surface area contributed by atoms with Crippen molar-refractivity contribution in [2.75, 3.05) is 30.1 Å². The van der Waals surface area contributed by atoms with E-state index in [1.54, 1.807) is 4.57 Å². The molecule has 0 saturated heterocycles. The zero-order valence-electron chi connectivity index (χ0n) is 13.0. The Morgan fingerprint density at radius 3 is 2.74 bits per heavy atom. The molecule has 0 fully saturated rings. The van der Waals surface area contributed by atoms with Crippen LogP contribution < -0.4 is 15.8 Å². The number of amides is 1. The molecule has 1 aromatic heterocycles. The highest BCUT2D eigenvalue weighted by molar-refractivity contribution is 7.99. The van der Waals surface area contributed by atoms with Crippen LogP contribution in [0, 0.1) is 5.92 Å². The summed E-state index contributed by atoms with van der Waals surface area (Å²) >= 11 is 1.44. The summed E-state index contributed by atoms with van der Waals surface area (Å²) in [5, 5.41) is 3.60. The van der Waals surface area contributed by atoms with E-state index in [9.17, 15) is 9.59 Å². The van der Waals surface area contributed by atoms with Crippen molar-refractivity contribution in [3.8, 4) is 0 Å². The summed E-state index contributed by atoms with van der Waals surface area (Å²) in [7, 11) is 3.94. The van der Waals surface area contributed by atoms with Gasteiger partial charge < -0.3 is 10.2 Å². The molecule has 6 nitrogen and oxygen atoms in total. The first-order valence-corrected chi connectivity index (χ1v) is 8.30. The van der Waals surface area contributed by atoms with Gasteiger partial charge in [0.15, 0.2) is 5.16 Å². The van der Waals surface area contributed by atoms with Crippen LogP contribution in [0.3, 0.4) is 0 Å². The Morgan fingerprint density at radius 1 is 1.30 bits per heavy atom. The van der Waals surface area contributed by atoms with Crippen LogP contribution in [0.2, 0.25) is 0 Å². The summed E-state index contributed by atoms with van der Waals surface area (Å²) in [4.78, 5) is 30.5. The summed E-state index contributed by atoms with van der Waals surface area (Å²) in [6, 6.07) is 9.09. The Hall–Kier alpha value is -2.28. The number of fused-ring (bicyclic) bond motifs is 1. The van der Waals surface area contributed by atoms with Crippen molar-refractivity contribution in [3.05, 3.63) is 46.9 Å². The van der Waals surface area contributed by atoms with Crippen LogP contribution in [-0.4, -0.2) is 35.3 Å². The standard InChI is InChI=1S/C16H18N4O2S/c1-19(2)13-5-3-12(4-6-13)18-15(22)11-9-20-14(21)7-8-17-16(20)23-10-11/h3-8,11H,9-10H2,1-2H3,(H,18,22). The van der Waals surface area contributed by atoms with E-state index in [4.69, 9.17) is 0 Å². The molecule has 1 aliphatic rings. The van der Waals surface area contributed by atoms with E-state index in [2.05, 4.69) is 10.3 Å². The summed E-state index contributed by atoms with van der Waals surface area (Å²) in [6.45, 7) is 0.372. The second-order valence-electron chi connectivity index (χ2n) is 5.61. The highest BCUT2D eigenvalue weighted by atomic mass is 32.2. The maximum atomic E-state index is 12.4. The van der Waals surface area contributed by atoms with Gasteiger partial charge >= 0.3 is 0 Å². The third-order valence-corrected chi connectivity index (χ3v) is 4.89. The Bertz CT molecular complexity index is 770. The Balaban J connectivity index is 1.70. The summed E-state index contributed by atoms with van der Waals surface area (Å²) in [5.74, 6) is 0.303. The number of rotatable bonds is 3. The van der Waals surface area contributed by atoms with Crippen molar-refractivity contribution in [3.63, 3.8) is 0 Å². The maximum absolute atomic E-state index is 12.4. The number of thioether (sulfide) groups is 1. The molecule has 7 heteroatoms. The number of aromatic nitrogens is 2. The number of benzene rings is 1. The largest absolute Gasteiger partial charge is 0.378 e. The lowest BCUT2D eigenvalue weighted by Gasteiger charge is -2.24. The zero-order valence-corrected chi connectivity index (χ0v) is 13.8. The Morgan fingerprint density at radius 2 is 2.04 bits per heavy atom. The molecule has 1 aliphatic heterocycles. The van der Waals surface area contributed by atoms with Crippen molar-refractivity contribution < 1.29 is 4.79 Å². The lowest BCUT2D eigenvalue weighted by atomic mass is 10.1. The first kappa shape index (κ1) is 15.6. The van der Waals surface area contributed by atoms with E-state index in [1.807, 2.05) is 43.3 Å². The van der Waals surface area contributed by atoms with Crippen LogP contribution in [0.5, 0.6) is 0 Å². The van der Waals surface area contributed by atoms with Crippen LogP contribution >= 0.6 is 11.8 Å². The van der Waals surface area contributed by atoms with E-state index in [1.165, 1.54) is 24.0 Å². The van der Waals surface area contributed by atoms with Crippen molar-refractivity contribution in [2.45, 2.75) is 11.7 Å². The van der Waals surface area contributed by atoms with Gasteiger partial charge in [-0.3, -0.25) is 14.2 Å². The van der Waals surface area contributed by atoms with Gasteiger partial charge in [0.1, 0.15) is 0 Å². The minimum absolute atomic E-state index is 0.0727. The van der Waals surface area contributed by atoms with Crippen molar-refractivity contribution in [2.24, 2.45) is 5.92 Å². The second-order valence-corrected chi connectivity index (χ2v) is 6.60. The molecule has 0 aliphatic carbocycles. The number of hydrogen-bond donors (Lipinski definition) is 1. The first-order chi connectivity index (χ1) is 11.0. The third-order valence-electron chi connectivity index (χ3n) is 3.74. The van der Waals surface area contributed by atoms with E-state index in [0.29, 0.717) is 17.5 Å². The van der Waals surface area contributed by atoms with Gasteiger partial charge in [0.05, 0.1) is 5.92 Å². The van der Waals surface area contributed by atoms with Crippen molar-refractivity contribution >= 4 is 29.0 Å². The first-order valence-electron chi connectivity index (χ1n) is 7.31. The molecule has 1 unspecified atom stereocenters. The Kier molecular flexibility index (Phi) is 4.38. The van der Waals surface area contributed by atoms with Gasteiger partial charge in [-0.25, -0.2) is 4.98 Å². The van der Waals surface area contributed by atoms with Gasteiger partial charge in [-0.15, -0.1) is 0 Å². The topological polar surface area (TPSA) is 67.2 Å². The van der Waals surface area contributed by atoms with Crippen LogP contribution in [-0.2, 0) is 11.3 Å². The van der Waals surface area contributed by atoms with E-state index < -0.39 is 0 Å². The molecule has 1 N–H and O–H groups in total. The molecule has 1 amide bonds. The second kappa shape index (κ2) is 6.45. The fraction of sp³-hybridized carbons (Fsp3) is 0.312. The zero-order chi connectivity index (χ0) is 16.4. The molecule has 120 valence electrons. The molecule has 0 saturated carbocycles. The number of nitrogens with zero attached hydrogens (tertiary/aromatic N) is 3. The third kappa shape index (κ3) is 3.39. The summed E-state index contributed by atoms with van der Waals surface area (Å²) < 4.78 is 1.56. The fourth-order valence-electron chi connectivity index (χ4n) is 2.40. The quantitative estimate of drug-likeness (QED) is 0.867. The molecule has 2 heterocycles. The van der Waals surface area contributed by atoms with Gasteiger partial charge in [-0.1, -0.05) is 11.8 Å². The predicted molar refractivity (Wildman–Crippen MR) is 92.1 cm³/mol. The minimum atomic E-state index is -0.247. The van der Waals surface area contributed by atoms with Gasteiger partial charge in [-0.05, 0) is 24.3 Å². The lowest BCUT2D eigenvalue weighted by Crippen LogP contribution is -2.36. The molecular weight excluding hydrogens is 312 g/mol. The maximum Gasteiger partial charge on any atom is 0.254 e. The van der Waals surface area contributed by atoms with Crippen LogP contribution in [0.4, 0.5) is 11.4 Å². The van der Waals surface area contributed by atoms with E-state index in [0.717, 1.165) is 11.4 Å². The average molecular weight is 330 g/mol. The molecule has 0 spiro atoms. The monoisotopic (exact) mass is 330 g/mol. The molecule has 1 aromatic carbocycles. The van der Waals surface area contributed by atoms with Gasteiger partial charge in [0.2, 0.25) is 5.91 Å². The van der Waals surface area contributed by atoms with Gasteiger partial charge in [0, 0.05) is 50.0 Å². The highest BCUT2D eigenvalue weighted by Crippen LogP contribution is 2.25. The van der Waals surface area contributed by atoms with Crippen LogP contribution in [0.1, 0.15) is 0 Å². The Labute approximate surface area is 138 Å². The molecule has 0 radical (unpaired) electrons. The van der Waals surface area contributed by atoms with Crippen LogP contribution in [0.15, 0.2) is 46.5 Å². The molecule has 0 bridgehead atoms. The fourth-order valence-corrected chi connectivity index (χ4v) is 3.46. The van der Waals surface area contributed by atoms with Crippen molar-refractivity contribution in [1.82, 2.24) is 9.55 Å². The molecule has 3 rings (SSSR count). The lowest BCUT2D eigenvalue weighted by molar-refractivity contribution is -0.119. The summed E-state index contributed by atoms with van der Waals surface area (Å²) in [6.07, 6.45) is 1.51. The number of carbonyl (C=O) groups is 1. The number of anilines is 2. The summed E-state index contributed by atoms with van der Waals surface area (Å²) in [5.41, 5.74) is 1.72. The predicted octanol–water partition coefficient (Wildman–Crippen LogP) is 1.67. The van der Waals surface area contributed by atoms with E-state index in [-0.39, 0.29) is 17.4 Å². The number of carbonyl (C=O) groups excluding carboxylic acids is 1. The SMILES string of the molecule is CN(C)c1ccc(NC(=O)C2CSc3nccc(=O)n3C2)cc1. The van der Waals surface area contributed by atoms with Crippen molar-refractivity contribution in [1.29, 1.82) is 0 Å². The minimum Gasteiger partial charge on any atom is -0.378 e. The highest BCUT2D eigenvalue weighted by Gasteiger charge is 2.26. The van der Waals surface area contributed by atoms with Crippen LogP contribution in [0.25, 0.3) is 0 Å². The molecular formula is C16H18N4O2S. The molecule has 1 atom stereocenters. The molecule has 2 aromatic rings. The van der Waals surface area contributed by atoms with Gasteiger partial charge in [-0.2, -0.15) is 0 Å². The van der Waals surface area contributed by atoms with Gasteiger partial charge in [0.25, 0.3) is 5.56 Å². The molecule has 23 heavy (non-hydrogen) atoms.